The molecule has 0 spiro atoms. The Morgan fingerprint density at radius 2 is 2.00 bits per heavy atom. The van der Waals surface area contributed by atoms with Gasteiger partial charge in [0.15, 0.2) is 11.5 Å². The van der Waals surface area contributed by atoms with Gasteiger partial charge in [0.25, 0.3) is 0 Å². The van der Waals surface area contributed by atoms with E-state index in [4.69, 9.17) is 14.2 Å². The fourth-order valence-electron chi connectivity index (χ4n) is 2.99. The van der Waals surface area contributed by atoms with E-state index in [1.54, 1.807) is 24.3 Å². The zero-order chi connectivity index (χ0) is 19.1. The molecule has 0 unspecified atom stereocenters. The minimum absolute atomic E-state index is 0.195. The molecule has 0 aliphatic carbocycles. The highest BCUT2D eigenvalue weighted by atomic mass is 19.1. The van der Waals surface area contributed by atoms with Crippen LogP contribution >= 0.6 is 0 Å². The van der Waals surface area contributed by atoms with E-state index >= 15 is 0 Å². The lowest BCUT2D eigenvalue weighted by Gasteiger charge is -2.25. The van der Waals surface area contributed by atoms with Crippen molar-refractivity contribution in [3.63, 3.8) is 0 Å². The highest BCUT2D eigenvalue weighted by Gasteiger charge is 2.18. The summed E-state index contributed by atoms with van der Waals surface area (Å²) in [4.78, 5) is 1.98. The van der Waals surface area contributed by atoms with Crippen molar-refractivity contribution in [3.05, 3.63) is 72.1 Å². The molecule has 0 saturated heterocycles. The second kappa shape index (κ2) is 9.50. The Bertz CT molecular complexity index is 768. The van der Waals surface area contributed by atoms with Crippen molar-refractivity contribution in [1.29, 1.82) is 0 Å². The number of ether oxygens (including phenoxy) is 3. The molecule has 3 rings (SSSR count). The number of hydrogen-bond donors (Lipinski definition) is 1. The van der Waals surface area contributed by atoms with Crippen LogP contribution in [0.2, 0.25) is 0 Å². The quantitative estimate of drug-likeness (QED) is 0.512. The van der Waals surface area contributed by atoms with Gasteiger partial charge in [-0.1, -0.05) is 30.3 Å². The number of nitrogens with zero attached hydrogens (tertiary/aromatic N) is 1. The first-order valence-electron chi connectivity index (χ1n) is 8.86. The van der Waals surface area contributed by atoms with E-state index in [1.165, 1.54) is 6.07 Å². The molecular weight excluding hydrogens is 349 g/mol. The maximum atomic E-state index is 14.1. The summed E-state index contributed by atoms with van der Waals surface area (Å²) in [5.41, 5.74) is 1.58. The number of hydrogen-bond acceptors (Lipinski definition) is 5. The van der Waals surface area contributed by atoms with Crippen LogP contribution in [0.4, 0.5) is 4.39 Å². The lowest BCUT2D eigenvalue weighted by atomic mass is 10.1. The number of aliphatic hydroxyl groups excluding tert-OH is 1. The van der Waals surface area contributed by atoms with Crippen LogP contribution in [0.3, 0.4) is 0 Å². The zero-order valence-corrected chi connectivity index (χ0v) is 15.1. The Kier molecular flexibility index (Phi) is 6.81. The Labute approximate surface area is 158 Å². The third-order valence-corrected chi connectivity index (χ3v) is 4.21. The van der Waals surface area contributed by atoms with Crippen molar-refractivity contribution >= 4 is 0 Å². The average Bonchev–Trinajstić information content (AvgIpc) is 3.11. The number of halogens is 1. The summed E-state index contributed by atoms with van der Waals surface area (Å²) in [6.07, 6.45) is 0.946. The van der Waals surface area contributed by atoms with Gasteiger partial charge < -0.3 is 19.3 Å². The predicted molar refractivity (Wildman–Crippen MR) is 100 cm³/mol. The van der Waals surface area contributed by atoms with Gasteiger partial charge in [-0.15, -0.1) is 6.58 Å². The molecule has 0 saturated carbocycles. The van der Waals surface area contributed by atoms with Crippen molar-refractivity contribution in [2.45, 2.75) is 19.2 Å². The molecule has 2 aromatic rings. The predicted octanol–water partition coefficient (Wildman–Crippen LogP) is 3.12. The highest BCUT2D eigenvalue weighted by Crippen LogP contribution is 2.33. The molecule has 6 heteroatoms. The van der Waals surface area contributed by atoms with Crippen molar-refractivity contribution < 1.29 is 23.7 Å². The van der Waals surface area contributed by atoms with Gasteiger partial charge in [0.05, 0.1) is 19.3 Å². The second-order valence-electron chi connectivity index (χ2n) is 6.43. The molecule has 1 aliphatic rings. The molecule has 0 fully saturated rings. The topological polar surface area (TPSA) is 51.2 Å². The zero-order valence-electron chi connectivity index (χ0n) is 15.1. The number of rotatable bonds is 10. The van der Waals surface area contributed by atoms with Gasteiger partial charge in [0.2, 0.25) is 6.79 Å². The molecule has 1 aliphatic heterocycles. The number of fused-ring (bicyclic) bond motifs is 1. The average molecular weight is 373 g/mol. The molecule has 0 amide bonds. The van der Waals surface area contributed by atoms with Crippen molar-refractivity contribution in [1.82, 2.24) is 4.90 Å². The monoisotopic (exact) mass is 373 g/mol. The third kappa shape index (κ3) is 5.53. The van der Waals surface area contributed by atoms with E-state index in [-0.39, 0.29) is 19.2 Å². The van der Waals surface area contributed by atoms with Crippen molar-refractivity contribution in [2.75, 3.05) is 26.6 Å². The molecule has 0 bridgehead atoms. The van der Waals surface area contributed by atoms with E-state index < -0.39 is 6.10 Å². The van der Waals surface area contributed by atoms with Gasteiger partial charge >= 0.3 is 0 Å². The summed E-state index contributed by atoms with van der Waals surface area (Å²) in [5, 5.41) is 10.3. The normalized spacial score (nSPS) is 13.7. The second-order valence-corrected chi connectivity index (χ2v) is 6.43. The first kappa shape index (κ1) is 19.4. The maximum Gasteiger partial charge on any atom is 0.231 e. The Morgan fingerprint density at radius 1 is 1.19 bits per heavy atom. The van der Waals surface area contributed by atoms with Crippen LogP contribution in [0.1, 0.15) is 11.1 Å². The van der Waals surface area contributed by atoms with Crippen LogP contribution in [0.5, 0.6) is 11.5 Å². The van der Waals surface area contributed by atoms with Crippen LogP contribution in [0.25, 0.3) is 0 Å². The van der Waals surface area contributed by atoms with Gasteiger partial charge in [0.1, 0.15) is 5.82 Å². The smallest absolute Gasteiger partial charge is 0.231 e. The number of benzene rings is 2. The minimum atomic E-state index is -0.689. The first-order chi connectivity index (χ1) is 13.2. The van der Waals surface area contributed by atoms with Gasteiger partial charge in [-0.2, -0.15) is 0 Å². The van der Waals surface area contributed by atoms with Gasteiger partial charge in [-0.05, 0) is 23.8 Å². The van der Waals surface area contributed by atoms with Gasteiger partial charge in [-0.25, -0.2) is 4.39 Å². The summed E-state index contributed by atoms with van der Waals surface area (Å²) in [6.45, 7) is 5.64. The molecule has 2 aromatic carbocycles. The first-order valence-corrected chi connectivity index (χ1v) is 8.86. The van der Waals surface area contributed by atoms with Crippen LogP contribution in [-0.4, -0.2) is 42.7 Å². The van der Waals surface area contributed by atoms with Crippen LogP contribution in [0.15, 0.2) is 55.1 Å². The fourth-order valence-corrected chi connectivity index (χ4v) is 2.99. The molecule has 1 atom stereocenters. The summed E-state index contributed by atoms with van der Waals surface area (Å²) in [7, 11) is 0. The van der Waals surface area contributed by atoms with Crippen LogP contribution < -0.4 is 9.47 Å². The van der Waals surface area contributed by atoms with E-state index in [0.29, 0.717) is 37.6 Å². The Hall–Kier alpha value is -2.41. The molecule has 0 aromatic heterocycles. The van der Waals surface area contributed by atoms with Crippen molar-refractivity contribution in [3.8, 4) is 11.5 Å². The van der Waals surface area contributed by atoms with E-state index in [2.05, 4.69) is 6.58 Å². The minimum Gasteiger partial charge on any atom is -0.454 e. The molecule has 0 radical (unpaired) electrons. The lowest BCUT2D eigenvalue weighted by Crippen LogP contribution is -2.34. The summed E-state index contributed by atoms with van der Waals surface area (Å²) in [5.74, 6) is 1.16. The Morgan fingerprint density at radius 3 is 2.81 bits per heavy atom. The SMILES string of the molecule is C=CCOC[C@@H](O)CN(Cc1ccc2c(c1)OCO2)Cc1ccccc1F. The van der Waals surface area contributed by atoms with E-state index in [1.807, 2.05) is 23.1 Å². The van der Waals surface area contributed by atoms with E-state index in [9.17, 15) is 9.50 Å². The maximum absolute atomic E-state index is 14.1. The molecular formula is C21H24FNO4. The summed E-state index contributed by atoms with van der Waals surface area (Å²) >= 11 is 0. The summed E-state index contributed by atoms with van der Waals surface area (Å²) < 4.78 is 30.2. The summed E-state index contributed by atoms with van der Waals surface area (Å²) in [6, 6.07) is 12.4. The lowest BCUT2D eigenvalue weighted by molar-refractivity contribution is 0.0226. The van der Waals surface area contributed by atoms with E-state index in [0.717, 1.165) is 11.3 Å². The molecule has 5 nitrogen and oxygen atoms in total. The number of aliphatic hydroxyl groups is 1. The fraction of sp³-hybridized carbons (Fsp3) is 0.333. The Balaban J connectivity index is 1.70. The standard InChI is InChI=1S/C21H24FNO4/c1-2-9-25-14-18(24)13-23(12-17-5-3-4-6-19(17)22)11-16-7-8-20-21(10-16)27-15-26-20/h2-8,10,18,24H,1,9,11-15H2/t18-/m0/s1. The van der Waals surface area contributed by atoms with Crippen molar-refractivity contribution in [2.24, 2.45) is 0 Å². The largest absolute Gasteiger partial charge is 0.454 e. The third-order valence-electron chi connectivity index (χ3n) is 4.21. The molecule has 1 heterocycles. The molecule has 1 N–H and O–H groups in total. The van der Waals surface area contributed by atoms with Gasteiger partial charge in [-0.3, -0.25) is 4.90 Å². The molecule has 144 valence electrons. The van der Waals surface area contributed by atoms with Gasteiger partial charge in [0, 0.05) is 25.2 Å². The molecule has 27 heavy (non-hydrogen) atoms. The van der Waals surface area contributed by atoms with Crippen LogP contribution in [0, 0.1) is 5.82 Å². The van der Waals surface area contributed by atoms with Crippen LogP contribution in [-0.2, 0) is 17.8 Å². The highest BCUT2D eigenvalue weighted by molar-refractivity contribution is 5.44.